The summed E-state index contributed by atoms with van der Waals surface area (Å²) >= 11 is 3.66. The zero-order valence-electron chi connectivity index (χ0n) is 15.6. The van der Waals surface area contributed by atoms with Gasteiger partial charge in [0.05, 0.1) is 12.3 Å². The van der Waals surface area contributed by atoms with E-state index in [0.29, 0.717) is 6.04 Å². The third-order valence-electron chi connectivity index (χ3n) is 5.48. The number of likely N-dealkylation sites (N-methyl/N-ethyl adjacent to an activating group) is 1. The summed E-state index contributed by atoms with van der Waals surface area (Å²) < 4.78 is 9.71. The van der Waals surface area contributed by atoms with E-state index in [1.807, 2.05) is 0 Å². The van der Waals surface area contributed by atoms with Crippen LogP contribution in [0.25, 0.3) is 22.2 Å². The van der Waals surface area contributed by atoms with Crippen LogP contribution in [0.2, 0.25) is 0 Å². The minimum Gasteiger partial charge on any atom is -0.493 e. The summed E-state index contributed by atoms with van der Waals surface area (Å²) in [5, 5.41) is 1.34. The number of para-hydroxylation sites is 1. The molecule has 1 aliphatic heterocycles. The molecule has 0 bridgehead atoms. The van der Waals surface area contributed by atoms with Crippen LogP contribution >= 0.6 is 15.9 Å². The Kier molecular flexibility index (Phi) is 4.80. The summed E-state index contributed by atoms with van der Waals surface area (Å²) in [5.74, 6) is 0.993. The molecule has 0 saturated carbocycles. The van der Waals surface area contributed by atoms with Gasteiger partial charge in [0.15, 0.2) is 0 Å². The highest BCUT2D eigenvalue weighted by Gasteiger charge is 2.25. The molecule has 0 N–H and O–H groups in total. The maximum atomic E-state index is 6.07. The molecule has 4 rings (SSSR count). The first-order valence-electron chi connectivity index (χ1n) is 9.29. The number of hydrogen-bond acceptors (Lipinski definition) is 2. The molecule has 136 valence electrons. The first-order valence-corrected chi connectivity index (χ1v) is 10.1. The highest BCUT2D eigenvalue weighted by atomic mass is 79.9. The van der Waals surface area contributed by atoms with Crippen molar-refractivity contribution in [2.24, 2.45) is 0 Å². The lowest BCUT2D eigenvalue weighted by atomic mass is 10.0. The molecule has 26 heavy (non-hydrogen) atoms. The smallest absolute Gasteiger partial charge is 0.128 e. The van der Waals surface area contributed by atoms with E-state index in [4.69, 9.17) is 4.74 Å². The molecule has 1 aliphatic rings. The fraction of sp³-hybridized carbons (Fsp3) is 0.364. The summed E-state index contributed by atoms with van der Waals surface area (Å²) in [5.41, 5.74) is 5.25. The van der Waals surface area contributed by atoms with Crippen LogP contribution in [0, 0.1) is 0 Å². The predicted molar refractivity (Wildman–Crippen MR) is 112 cm³/mol. The van der Waals surface area contributed by atoms with Crippen molar-refractivity contribution in [3.8, 4) is 17.0 Å². The van der Waals surface area contributed by atoms with Gasteiger partial charge in [-0.3, -0.25) is 0 Å². The summed E-state index contributed by atoms with van der Waals surface area (Å²) in [6.45, 7) is 3.97. The van der Waals surface area contributed by atoms with Crippen molar-refractivity contribution in [1.82, 2.24) is 9.47 Å². The highest BCUT2D eigenvalue weighted by Crippen LogP contribution is 2.41. The van der Waals surface area contributed by atoms with Crippen molar-refractivity contribution in [2.45, 2.75) is 32.4 Å². The number of benzene rings is 2. The lowest BCUT2D eigenvalue weighted by Crippen LogP contribution is -2.31. The summed E-state index contributed by atoms with van der Waals surface area (Å²) in [4.78, 5) is 2.33. The van der Waals surface area contributed by atoms with E-state index >= 15 is 0 Å². The van der Waals surface area contributed by atoms with E-state index in [2.05, 4.69) is 88.9 Å². The van der Waals surface area contributed by atoms with Gasteiger partial charge in [0.25, 0.3) is 0 Å². The Hall–Kier alpha value is -1.78. The Balaban J connectivity index is 2.01. The Morgan fingerprint density at radius 2 is 2.00 bits per heavy atom. The molecule has 1 atom stereocenters. The molecule has 1 aromatic heterocycles. The fourth-order valence-electron chi connectivity index (χ4n) is 4.07. The van der Waals surface area contributed by atoms with Crippen molar-refractivity contribution in [2.75, 3.05) is 20.7 Å². The van der Waals surface area contributed by atoms with E-state index in [9.17, 15) is 0 Å². The maximum Gasteiger partial charge on any atom is 0.128 e. The number of aromatic nitrogens is 1. The van der Waals surface area contributed by atoms with Gasteiger partial charge in [-0.05, 0) is 56.4 Å². The normalized spacial score (nSPS) is 14.7. The molecule has 2 aromatic carbocycles. The van der Waals surface area contributed by atoms with Gasteiger partial charge in [0, 0.05) is 39.9 Å². The van der Waals surface area contributed by atoms with Gasteiger partial charge in [-0.15, -0.1) is 0 Å². The van der Waals surface area contributed by atoms with Crippen LogP contribution in [0.4, 0.5) is 0 Å². The second-order valence-corrected chi connectivity index (χ2v) is 8.14. The lowest BCUT2D eigenvalue weighted by molar-refractivity contribution is 0.260. The van der Waals surface area contributed by atoms with E-state index in [-0.39, 0.29) is 0 Å². The Morgan fingerprint density at radius 1 is 1.19 bits per heavy atom. The molecule has 0 amide bonds. The van der Waals surface area contributed by atoms with Gasteiger partial charge in [-0.25, -0.2) is 0 Å². The largest absolute Gasteiger partial charge is 0.493 e. The van der Waals surface area contributed by atoms with Crippen molar-refractivity contribution >= 4 is 26.8 Å². The minimum atomic E-state index is 0.495. The van der Waals surface area contributed by atoms with Crippen molar-refractivity contribution < 1.29 is 4.74 Å². The molecule has 0 aliphatic carbocycles. The van der Waals surface area contributed by atoms with Gasteiger partial charge >= 0.3 is 0 Å². The number of halogens is 1. The molecule has 0 fully saturated rings. The Bertz CT molecular complexity index is 945. The zero-order chi connectivity index (χ0) is 18.3. The highest BCUT2D eigenvalue weighted by molar-refractivity contribution is 9.10. The van der Waals surface area contributed by atoms with Gasteiger partial charge in [0.1, 0.15) is 5.75 Å². The molecule has 1 unspecified atom stereocenters. The Labute approximate surface area is 163 Å². The predicted octanol–water partition coefficient (Wildman–Crippen LogP) is 5.35. The molecule has 2 heterocycles. The van der Waals surface area contributed by atoms with Crippen molar-refractivity contribution in [1.29, 1.82) is 0 Å². The summed E-state index contributed by atoms with van der Waals surface area (Å²) in [7, 11) is 4.35. The zero-order valence-corrected chi connectivity index (χ0v) is 17.2. The number of ether oxygens (including phenoxy) is 1. The van der Waals surface area contributed by atoms with Crippen LogP contribution in [0.15, 0.2) is 46.9 Å². The molecule has 0 spiro atoms. The number of hydrogen-bond donors (Lipinski definition) is 0. The van der Waals surface area contributed by atoms with Gasteiger partial charge in [-0.1, -0.05) is 35.0 Å². The van der Waals surface area contributed by atoms with Crippen molar-refractivity contribution in [3.05, 3.63) is 52.5 Å². The van der Waals surface area contributed by atoms with Crippen LogP contribution in [-0.2, 0) is 13.0 Å². The second-order valence-electron chi connectivity index (χ2n) is 7.22. The summed E-state index contributed by atoms with van der Waals surface area (Å²) in [6.07, 6.45) is 2.05. The van der Waals surface area contributed by atoms with E-state index in [1.165, 1.54) is 27.7 Å². The molecule has 3 aromatic rings. The minimum absolute atomic E-state index is 0.495. The van der Waals surface area contributed by atoms with Crippen LogP contribution in [0.3, 0.4) is 0 Å². The SMILES string of the molecule is CCC(Cn1c2c(c3cc(Br)ccc31)CCOc1ccccc1-2)N(C)C. The molecule has 4 heteroatoms. The quantitative estimate of drug-likeness (QED) is 0.574. The third-order valence-corrected chi connectivity index (χ3v) is 5.97. The first kappa shape index (κ1) is 17.6. The van der Waals surface area contributed by atoms with Crippen LogP contribution in [0.1, 0.15) is 18.9 Å². The molecule has 0 saturated heterocycles. The number of fused-ring (bicyclic) bond motifs is 5. The standard InChI is InChI=1S/C22H25BrN2O/c1-4-16(24(2)3)14-25-20-10-9-15(23)13-19(20)17-11-12-26-21-8-6-5-7-18(21)22(17)25/h5-10,13,16H,4,11-12,14H2,1-3H3. The van der Waals surface area contributed by atoms with Gasteiger partial charge in [0.2, 0.25) is 0 Å². The van der Waals surface area contributed by atoms with Crippen LogP contribution in [-0.4, -0.2) is 36.2 Å². The van der Waals surface area contributed by atoms with Crippen molar-refractivity contribution in [3.63, 3.8) is 0 Å². The maximum absolute atomic E-state index is 6.07. The number of nitrogens with zero attached hydrogens (tertiary/aromatic N) is 2. The van der Waals surface area contributed by atoms with E-state index in [0.717, 1.165) is 36.2 Å². The monoisotopic (exact) mass is 412 g/mol. The van der Waals surface area contributed by atoms with Gasteiger partial charge < -0.3 is 14.2 Å². The average Bonchev–Trinajstić information content (AvgIpc) is 2.79. The molecular formula is C22H25BrN2O. The van der Waals surface area contributed by atoms with E-state index < -0.39 is 0 Å². The van der Waals surface area contributed by atoms with Crippen LogP contribution < -0.4 is 4.74 Å². The van der Waals surface area contributed by atoms with Gasteiger partial charge in [-0.2, -0.15) is 0 Å². The average molecular weight is 413 g/mol. The number of rotatable bonds is 4. The fourth-order valence-corrected chi connectivity index (χ4v) is 4.43. The molecular weight excluding hydrogens is 388 g/mol. The Morgan fingerprint density at radius 3 is 2.77 bits per heavy atom. The second kappa shape index (κ2) is 7.09. The topological polar surface area (TPSA) is 17.4 Å². The lowest BCUT2D eigenvalue weighted by Gasteiger charge is -2.25. The third kappa shape index (κ3) is 2.95. The first-order chi connectivity index (χ1) is 12.6. The molecule has 3 nitrogen and oxygen atoms in total. The van der Waals surface area contributed by atoms with Crippen LogP contribution in [0.5, 0.6) is 5.75 Å². The molecule has 0 radical (unpaired) electrons. The summed E-state index contributed by atoms with van der Waals surface area (Å²) in [6, 6.07) is 15.6. The van der Waals surface area contributed by atoms with E-state index in [1.54, 1.807) is 0 Å².